The van der Waals surface area contributed by atoms with E-state index in [4.69, 9.17) is 0 Å². The molecule has 0 aromatic heterocycles. The second kappa shape index (κ2) is 5.16. The van der Waals surface area contributed by atoms with Crippen LogP contribution in [0.4, 0.5) is 0 Å². The van der Waals surface area contributed by atoms with Crippen LogP contribution in [0.3, 0.4) is 0 Å². The highest BCUT2D eigenvalue weighted by atomic mass is 35.5. The van der Waals surface area contributed by atoms with E-state index in [1.54, 1.807) is 0 Å². The molecule has 0 spiro atoms. The molecule has 0 radical (unpaired) electrons. The molecular weight excluding hydrogens is 130 g/mol. The minimum atomic E-state index is 0. The summed E-state index contributed by atoms with van der Waals surface area (Å²) in [5, 5.41) is 0. The molecule has 1 rings (SSSR count). The van der Waals surface area contributed by atoms with Crippen molar-refractivity contribution in [1.82, 2.24) is 0 Å². The molecule has 0 atom stereocenters. The van der Waals surface area contributed by atoms with Crippen molar-refractivity contribution < 1.29 is 0 Å². The number of hydrogen-bond acceptors (Lipinski definition) is 0. The van der Waals surface area contributed by atoms with E-state index in [-0.39, 0.29) is 12.4 Å². The number of halogens is 1. The van der Waals surface area contributed by atoms with Gasteiger partial charge in [-0.1, -0.05) is 38.4 Å². The van der Waals surface area contributed by atoms with E-state index in [0.717, 1.165) is 5.92 Å². The second-order valence-electron chi connectivity index (χ2n) is 2.91. The Morgan fingerprint density at radius 3 is 2.00 bits per heavy atom. The molecule has 0 bridgehead atoms. The first-order valence-corrected chi connectivity index (χ1v) is 3.93. The summed E-state index contributed by atoms with van der Waals surface area (Å²) >= 11 is 0. The standard InChI is InChI=1S/C7H15B.ClH/c8-6-7-4-2-1-3-5-7;/h7H,1-6,8H2;1H. The fraction of sp³-hybridized carbons (Fsp3) is 1.00. The van der Waals surface area contributed by atoms with Crippen LogP contribution in [0, 0.1) is 5.92 Å². The zero-order chi connectivity index (χ0) is 5.82. The lowest BCUT2D eigenvalue weighted by Gasteiger charge is -2.19. The number of hydrogen-bond donors (Lipinski definition) is 0. The second-order valence-corrected chi connectivity index (χ2v) is 2.91. The molecular formula is C7H16BCl. The van der Waals surface area contributed by atoms with Crippen molar-refractivity contribution in [2.45, 2.75) is 38.4 Å². The van der Waals surface area contributed by atoms with Crippen molar-refractivity contribution in [2.75, 3.05) is 0 Å². The van der Waals surface area contributed by atoms with Crippen LogP contribution in [0.2, 0.25) is 6.32 Å². The summed E-state index contributed by atoms with van der Waals surface area (Å²) < 4.78 is 0. The van der Waals surface area contributed by atoms with E-state index in [9.17, 15) is 0 Å². The van der Waals surface area contributed by atoms with Gasteiger partial charge >= 0.3 is 0 Å². The van der Waals surface area contributed by atoms with E-state index in [1.807, 2.05) is 0 Å². The maximum atomic E-state index is 2.32. The van der Waals surface area contributed by atoms with Gasteiger partial charge in [0, 0.05) is 0 Å². The van der Waals surface area contributed by atoms with Gasteiger partial charge < -0.3 is 0 Å². The average Bonchev–Trinajstić information content (AvgIpc) is 1.90. The lowest BCUT2D eigenvalue weighted by Crippen LogP contribution is -2.04. The summed E-state index contributed by atoms with van der Waals surface area (Å²) in [4.78, 5) is 0. The molecule has 0 amide bonds. The zero-order valence-electron chi connectivity index (χ0n) is 6.23. The van der Waals surface area contributed by atoms with Gasteiger partial charge in [-0.05, 0) is 5.92 Å². The Balaban J connectivity index is 0.000000640. The van der Waals surface area contributed by atoms with Gasteiger partial charge in [-0.2, -0.15) is 0 Å². The van der Waals surface area contributed by atoms with Crippen LogP contribution in [0.25, 0.3) is 0 Å². The van der Waals surface area contributed by atoms with Gasteiger partial charge in [-0.3, -0.25) is 0 Å². The maximum absolute atomic E-state index is 2.32. The Hall–Kier alpha value is 0.355. The molecule has 54 valence electrons. The minimum Gasteiger partial charge on any atom is -0.147 e. The van der Waals surface area contributed by atoms with E-state index in [0.29, 0.717) is 0 Å². The molecule has 0 N–H and O–H groups in total. The van der Waals surface area contributed by atoms with E-state index in [2.05, 4.69) is 7.85 Å². The van der Waals surface area contributed by atoms with Crippen molar-refractivity contribution in [3.8, 4) is 0 Å². The molecule has 1 aliphatic rings. The van der Waals surface area contributed by atoms with Crippen LogP contribution >= 0.6 is 12.4 Å². The highest BCUT2D eigenvalue weighted by molar-refractivity contribution is 6.08. The van der Waals surface area contributed by atoms with Crippen molar-refractivity contribution in [2.24, 2.45) is 5.92 Å². The topological polar surface area (TPSA) is 0 Å². The Labute approximate surface area is 65.2 Å². The molecule has 9 heavy (non-hydrogen) atoms. The van der Waals surface area contributed by atoms with Crippen LogP contribution in [-0.4, -0.2) is 7.85 Å². The summed E-state index contributed by atoms with van der Waals surface area (Å²) in [5.41, 5.74) is 0. The molecule has 1 saturated carbocycles. The fourth-order valence-electron chi connectivity index (χ4n) is 1.60. The molecule has 1 aliphatic carbocycles. The Morgan fingerprint density at radius 1 is 1.11 bits per heavy atom. The summed E-state index contributed by atoms with van der Waals surface area (Å²) in [5.74, 6) is 1.09. The lowest BCUT2D eigenvalue weighted by atomic mass is 9.80. The van der Waals surface area contributed by atoms with Gasteiger partial charge in [0.05, 0.1) is 0 Å². The van der Waals surface area contributed by atoms with Gasteiger partial charge in [0.1, 0.15) is 7.85 Å². The van der Waals surface area contributed by atoms with Gasteiger partial charge in [0.15, 0.2) is 0 Å². The molecule has 0 unspecified atom stereocenters. The molecule has 0 aliphatic heterocycles. The molecule has 0 aromatic rings. The van der Waals surface area contributed by atoms with Crippen molar-refractivity contribution in [3.05, 3.63) is 0 Å². The first-order valence-electron chi connectivity index (χ1n) is 3.93. The number of rotatable bonds is 1. The third kappa shape index (κ3) is 3.15. The summed E-state index contributed by atoms with van der Waals surface area (Å²) in [6.07, 6.45) is 8.93. The van der Waals surface area contributed by atoms with Gasteiger partial charge in [-0.15, -0.1) is 12.4 Å². The van der Waals surface area contributed by atoms with Crippen LogP contribution < -0.4 is 0 Å². The van der Waals surface area contributed by atoms with Gasteiger partial charge in [0.25, 0.3) is 0 Å². The van der Waals surface area contributed by atoms with Crippen LogP contribution in [0.15, 0.2) is 0 Å². The molecule has 0 heterocycles. The molecule has 0 aromatic carbocycles. The van der Waals surface area contributed by atoms with Crippen LogP contribution in [0.5, 0.6) is 0 Å². The molecule has 2 heteroatoms. The summed E-state index contributed by atoms with van der Waals surface area (Å²) in [6, 6.07) is 0. The Kier molecular flexibility index (Phi) is 5.37. The van der Waals surface area contributed by atoms with Crippen LogP contribution in [0.1, 0.15) is 32.1 Å². The summed E-state index contributed by atoms with van der Waals surface area (Å²) in [6.45, 7) is 0. The Bertz CT molecular complexity index is 59.9. The highest BCUT2D eigenvalue weighted by Crippen LogP contribution is 2.25. The maximum Gasteiger partial charge on any atom is 0.101 e. The van der Waals surface area contributed by atoms with E-state index >= 15 is 0 Å². The third-order valence-electron chi connectivity index (χ3n) is 2.30. The van der Waals surface area contributed by atoms with Crippen molar-refractivity contribution in [1.29, 1.82) is 0 Å². The van der Waals surface area contributed by atoms with Crippen molar-refractivity contribution in [3.63, 3.8) is 0 Å². The predicted octanol–water partition coefficient (Wildman–Crippen LogP) is 2.04. The summed E-state index contributed by atoms with van der Waals surface area (Å²) in [7, 11) is 2.32. The minimum absolute atomic E-state index is 0. The monoisotopic (exact) mass is 146 g/mol. The quantitative estimate of drug-likeness (QED) is 0.497. The average molecular weight is 146 g/mol. The van der Waals surface area contributed by atoms with Crippen LogP contribution in [-0.2, 0) is 0 Å². The SMILES string of the molecule is BCC1CCCCC1.Cl. The molecule has 1 fully saturated rings. The zero-order valence-corrected chi connectivity index (χ0v) is 7.04. The predicted molar refractivity (Wildman–Crippen MR) is 47.2 cm³/mol. The fourth-order valence-corrected chi connectivity index (χ4v) is 1.60. The molecule has 0 nitrogen and oxygen atoms in total. The first kappa shape index (κ1) is 9.35. The van der Waals surface area contributed by atoms with E-state index in [1.165, 1.54) is 38.4 Å². The van der Waals surface area contributed by atoms with Gasteiger partial charge in [-0.25, -0.2) is 0 Å². The van der Waals surface area contributed by atoms with E-state index < -0.39 is 0 Å². The Morgan fingerprint density at radius 2 is 1.67 bits per heavy atom. The normalized spacial score (nSPS) is 20.9. The van der Waals surface area contributed by atoms with Gasteiger partial charge in [0.2, 0.25) is 0 Å². The first-order chi connectivity index (χ1) is 3.93. The molecule has 0 saturated heterocycles. The van der Waals surface area contributed by atoms with Crippen molar-refractivity contribution >= 4 is 20.3 Å². The lowest BCUT2D eigenvalue weighted by molar-refractivity contribution is 0.385. The third-order valence-corrected chi connectivity index (χ3v) is 2.30. The smallest absolute Gasteiger partial charge is 0.101 e. The highest BCUT2D eigenvalue weighted by Gasteiger charge is 2.09. The largest absolute Gasteiger partial charge is 0.147 e.